The number of benzene rings is 10. The first-order chi connectivity index (χ1) is 32.1. The second kappa shape index (κ2) is 13.8. The van der Waals surface area contributed by atoms with E-state index in [2.05, 4.69) is 241 Å². The van der Waals surface area contributed by atoms with Gasteiger partial charge < -0.3 is 9.47 Å². The molecular formula is C62H40N2S. The molecule has 14 rings (SSSR count). The molecule has 3 heteroatoms. The summed E-state index contributed by atoms with van der Waals surface area (Å²) in [6.45, 7) is 2.46. The Kier molecular flexibility index (Phi) is 7.73. The van der Waals surface area contributed by atoms with Gasteiger partial charge in [-0.3, -0.25) is 0 Å². The topological polar surface area (TPSA) is 8.17 Å². The third-order valence-corrected chi connectivity index (χ3v) is 15.7. The van der Waals surface area contributed by atoms with Crippen molar-refractivity contribution in [2.24, 2.45) is 0 Å². The molecule has 10 aromatic carbocycles. The summed E-state index contributed by atoms with van der Waals surface area (Å²) >= 11 is 1.91. The van der Waals surface area contributed by atoms with E-state index in [1.807, 2.05) is 11.3 Å². The number of rotatable bonds is 5. The van der Waals surface area contributed by atoms with Crippen molar-refractivity contribution < 1.29 is 0 Å². The molecule has 3 heterocycles. The smallest absolute Gasteiger partial charge is 0.0547 e. The Bertz CT molecular complexity index is 3900. The minimum atomic E-state index is -0.355. The van der Waals surface area contributed by atoms with Crippen molar-refractivity contribution in [1.82, 2.24) is 4.57 Å². The van der Waals surface area contributed by atoms with E-state index in [1.165, 1.54) is 120 Å². The molecule has 0 saturated heterocycles. The summed E-state index contributed by atoms with van der Waals surface area (Å²) in [4.78, 5) is 2.52. The van der Waals surface area contributed by atoms with Crippen LogP contribution < -0.4 is 4.90 Å². The Hall–Kier alpha value is -7.98. The van der Waals surface area contributed by atoms with Crippen LogP contribution in [0.1, 0.15) is 23.6 Å². The van der Waals surface area contributed by atoms with Gasteiger partial charge in [-0.2, -0.15) is 0 Å². The molecule has 0 N–H and O–H groups in total. The Balaban J connectivity index is 0.948. The summed E-state index contributed by atoms with van der Waals surface area (Å²) in [7, 11) is 0. The largest absolute Gasteiger partial charge is 0.310 e. The predicted molar refractivity (Wildman–Crippen MR) is 276 cm³/mol. The monoisotopic (exact) mass is 844 g/mol. The van der Waals surface area contributed by atoms with Crippen LogP contribution in [0.5, 0.6) is 0 Å². The number of thiophene rings is 1. The van der Waals surface area contributed by atoms with E-state index in [1.54, 1.807) is 0 Å². The third-order valence-electron chi connectivity index (χ3n) is 14.4. The first-order valence-electron chi connectivity index (χ1n) is 22.5. The minimum Gasteiger partial charge on any atom is -0.310 e. The number of hydrogen-bond donors (Lipinski definition) is 0. The molecule has 304 valence electrons. The molecule has 0 bridgehead atoms. The van der Waals surface area contributed by atoms with Crippen LogP contribution in [0.2, 0.25) is 0 Å². The molecular weight excluding hydrogens is 805 g/mol. The summed E-state index contributed by atoms with van der Waals surface area (Å²) in [5, 5.41) is 5.16. The summed E-state index contributed by atoms with van der Waals surface area (Å²) in [6, 6.07) is 83.3. The molecule has 0 radical (unpaired) electrons. The van der Waals surface area contributed by atoms with Gasteiger partial charge in [-0.05, 0) is 123 Å². The number of anilines is 3. The average Bonchev–Trinajstić information content (AvgIpc) is 4.02. The number of para-hydroxylation sites is 2. The van der Waals surface area contributed by atoms with Gasteiger partial charge in [0, 0.05) is 47.7 Å². The van der Waals surface area contributed by atoms with Gasteiger partial charge in [-0.15, -0.1) is 11.3 Å². The average molecular weight is 845 g/mol. The molecule has 65 heavy (non-hydrogen) atoms. The Morgan fingerprint density at radius 1 is 0.369 bits per heavy atom. The zero-order chi connectivity index (χ0) is 42.8. The molecule has 0 spiro atoms. The summed E-state index contributed by atoms with van der Waals surface area (Å²) in [6.07, 6.45) is 0. The highest BCUT2D eigenvalue weighted by atomic mass is 32.1. The fraction of sp³-hybridized carbons (Fsp3) is 0.0323. The van der Waals surface area contributed by atoms with Crippen LogP contribution in [0, 0.1) is 0 Å². The van der Waals surface area contributed by atoms with Crippen molar-refractivity contribution in [2.45, 2.75) is 12.3 Å². The van der Waals surface area contributed by atoms with Crippen LogP contribution >= 0.6 is 11.3 Å². The van der Waals surface area contributed by atoms with Gasteiger partial charge >= 0.3 is 0 Å². The molecule has 1 unspecified atom stereocenters. The molecule has 0 saturated carbocycles. The molecule has 0 amide bonds. The molecule has 1 atom stereocenters. The van der Waals surface area contributed by atoms with Crippen molar-refractivity contribution in [3.63, 3.8) is 0 Å². The summed E-state index contributed by atoms with van der Waals surface area (Å²) in [5.41, 5.74) is 21.0. The van der Waals surface area contributed by atoms with E-state index in [-0.39, 0.29) is 5.41 Å². The van der Waals surface area contributed by atoms with E-state index >= 15 is 0 Å². The van der Waals surface area contributed by atoms with Crippen molar-refractivity contribution in [1.29, 1.82) is 0 Å². The number of fused-ring (bicyclic) bond motifs is 11. The molecule has 2 aromatic heterocycles. The minimum absolute atomic E-state index is 0.355. The van der Waals surface area contributed by atoms with Crippen molar-refractivity contribution in [3.8, 4) is 50.2 Å². The quantitative estimate of drug-likeness (QED) is 0.168. The van der Waals surface area contributed by atoms with Crippen LogP contribution in [0.25, 0.3) is 92.2 Å². The van der Waals surface area contributed by atoms with Crippen molar-refractivity contribution >= 4 is 70.4 Å². The Labute approximate surface area is 381 Å². The lowest BCUT2D eigenvalue weighted by Gasteiger charge is -2.42. The molecule has 1 aliphatic heterocycles. The van der Waals surface area contributed by atoms with Gasteiger partial charge in [-0.1, -0.05) is 170 Å². The van der Waals surface area contributed by atoms with E-state index < -0.39 is 0 Å². The number of hydrogen-bond acceptors (Lipinski definition) is 2. The van der Waals surface area contributed by atoms with Gasteiger partial charge in [0.25, 0.3) is 0 Å². The van der Waals surface area contributed by atoms with Gasteiger partial charge in [0.2, 0.25) is 0 Å². The van der Waals surface area contributed by atoms with Crippen LogP contribution in [0.15, 0.2) is 224 Å². The lowest BCUT2D eigenvalue weighted by atomic mass is 9.70. The first kappa shape index (κ1) is 36.5. The fourth-order valence-electron chi connectivity index (χ4n) is 11.5. The number of nitrogens with zero attached hydrogens (tertiary/aromatic N) is 2. The lowest BCUT2D eigenvalue weighted by molar-refractivity contribution is 0.702. The molecule has 1 aliphatic carbocycles. The van der Waals surface area contributed by atoms with Crippen molar-refractivity contribution in [3.05, 3.63) is 241 Å². The van der Waals surface area contributed by atoms with E-state index in [9.17, 15) is 0 Å². The normalized spacial score (nSPS) is 14.9. The zero-order valence-electron chi connectivity index (χ0n) is 35.7. The standard InChI is InChI=1S/C62H40N2S/c1-62-52-28-10-8-20-47(52)48-25-15-31-57(59(48)62)64(43-35-32-40(33-36-43)46-24-13-27-50-49-26-12-23-45(60(49)65-61(46)50)39-16-4-2-5-17-39)55-37-34-41(38-53(55)62)44-22-14-30-56-58(44)51-21-9-11-29-54(51)63(56)42-18-6-3-7-19-42/h2-38H,1H3. The zero-order valence-corrected chi connectivity index (χ0v) is 36.5. The van der Waals surface area contributed by atoms with Gasteiger partial charge in [0.1, 0.15) is 0 Å². The highest BCUT2D eigenvalue weighted by molar-refractivity contribution is 7.26. The summed E-state index contributed by atoms with van der Waals surface area (Å²) in [5.74, 6) is 0. The van der Waals surface area contributed by atoms with Crippen LogP contribution in [-0.2, 0) is 5.41 Å². The lowest BCUT2D eigenvalue weighted by Crippen LogP contribution is -2.32. The molecule has 0 fully saturated rings. The third kappa shape index (κ3) is 5.10. The first-order valence-corrected chi connectivity index (χ1v) is 23.3. The maximum absolute atomic E-state index is 2.52. The van der Waals surface area contributed by atoms with E-state index in [0.717, 1.165) is 5.69 Å². The second-order valence-electron chi connectivity index (χ2n) is 17.7. The highest BCUT2D eigenvalue weighted by Gasteiger charge is 2.48. The SMILES string of the molecule is CC12c3ccccc3-c3cccc(c31)N(c1ccc(-c3cccc4c3sc3c(-c5ccccc5)cccc34)cc1)c1ccc(-c3cccc4c3c3ccccc3n4-c3ccccc3)cc12. The van der Waals surface area contributed by atoms with Gasteiger partial charge in [0.15, 0.2) is 0 Å². The van der Waals surface area contributed by atoms with E-state index in [4.69, 9.17) is 0 Å². The van der Waals surface area contributed by atoms with Crippen molar-refractivity contribution in [2.75, 3.05) is 4.90 Å². The molecule has 12 aromatic rings. The van der Waals surface area contributed by atoms with Crippen LogP contribution in [0.4, 0.5) is 17.1 Å². The van der Waals surface area contributed by atoms with Gasteiger partial charge in [0.05, 0.1) is 22.4 Å². The fourth-order valence-corrected chi connectivity index (χ4v) is 12.9. The molecule has 2 nitrogen and oxygen atoms in total. The highest BCUT2D eigenvalue weighted by Crippen LogP contribution is 2.62. The van der Waals surface area contributed by atoms with Crippen LogP contribution in [-0.4, -0.2) is 4.57 Å². The Morgan fingerprint density at radius 3 is 1.72 bits per heavy atom. The van der Waals surface area contributed by atoms with Gasteiger partial charge in [-0.25, -0.2) is 0 Å². The van der Waals surface area contributed by atoms with E-state index in [0.29, 0.717) is 0 Å². The maximum Gasteiger partial charge on any atom is 0.0547 e. The Morgan fingerprint density at radius 2 is 0.938 bits per heavy atom. The maximum atomic E-state index is 2.52. The predicted octanol–water partition coefficient (Wildman–Crippen LogP) is 17.3. The second-order valence-corrected chi connectivity index (χ2v) is 18.7. The summed E-state index contributed by atoms with van der Waals surface area (Å²) < 4.78 is 5.08. The number of aromatic nitrogens is 1. The molecule has 2 aliphatic rings. The van der Waals surface area contributed by atoms with Crippen LogP contribution in [0.3, 0.4) is 0 Å².